The molecular weight excluding hydrogens is 370 g/mol. The monoisotopic (exact) mass is 401 g/mol. The quantitative estimate of drug-likeness (QED) is 0.618. The minimum atomic E-state index is -0.524. The average molecular weight is 402 g/mol. The van der Waals surface area contributed by atoms with Crippen molar-refractivity contribution in [2.24, 2.45) is 0 Å². The van der Waals surface area contributed by atoms with Gasteiger partial charge in [0.15, 0.2) is 6.61 Å². The Morgan fingerprint density at radius 2 is 1.93 bits per heavy atom. The fourth-order valence-corrected chi connectivity index (χ4v) is 2.89. The minimum absolute atomic E-state index is 0.00118. The van der Waals surface area contributed by atoms with E-state index in [4.69, 9.17) is 4.74 Å². The summed E-state index contributed by atoms with van der Waals surface area (Å²) in [4.78, 5) is 41.2. The molecule has 1 amide bonds. The highest BCUT2D eigenvalue weighted by Gasteiger charge is 2.19. The summed E-state index contributed by atoms with van der Waals surface area (Å²) < 4.78 is 6.78. The summed E-state index contributed by atoms with van der Waals surface area (Å²) in [5.41, 5.74) is 1.35. The molecule has 29 heavy (non-hydrogen) atoms. The number of fused-ring (bicyclic) bond motifs is 1. The number of benzene rings is 1. The van der Waals surface area contributed by atoms with Gasteiger partial charge in [-0.15, -0.1) is 0 Å². The van der Waals surface area contributed by atoms with Gasteiger partial charge in [-0.2, -0.15) is 0 Å². The van der Waals surface area contributed by atoms with Gasteiger partial charge in [-0.25, -0.2) is 4.98 Å². The molecule has 7 nitrogen and oxygen atoms in total. The molecule has 2 aromatic rings. The van der Waals surface area contributed by atoms with Gasteiger partial charge in [0, 0.05) is 18.5 Å². The molecule has 0 aliphatic heterocycles. The van der Waals surface area contributed by atoms with E-state index in [2.05, 4.69) is 17.2 Å². The van der Waals surface area contributed by atoms with Gasteiger partial charge in [0.2, 0.25) is 0 Å². The normalized spacial score (nSPS) is 11.4. The van der Waals surface area contributed by atoms with Gasteiger partial charge in [-0.05, 0) is 38.8 Å². The highest BCUT2D eigenvalue weighted by Crippen LogP contribution is 2.12. The summed E-state index contributed by atoms with van der Waals surface area (Å²) in [5, 5.41) is 2.81. The number of hydrogen-bond acceptors (Lipinski definition) is 5. The molecular formula is C22H31N3O4. The van der Waals surface area contributed by atoms with Gasteiger partial charge in [0.1, 0.15) is 5.69 Å². The molecule has 1 aromatic carbocycles. The number of amides is 1. The van der Waals surface area contributed by atoms with Crippen LogP contribution in [0.3, 0.4) is 0 Å². The number of aryl methyl sites for hydroxylation is 2. The van der Waals surface area contributed by atoms with Crippen molar-refractivity contribution in [3.05, 3.63) is 40.3 Å². The lowest BCUT2D eigenvalue weighted by Crippen LogP contribution is -2.44. The number of para-hydroxylation sites is 2. The van der Waals surface area contributed by atoms with Crippen LogP contribution in [0.5, 0.6) is 0 Å². The predicted octanol–water partition coefficient (Wildman–Crippen LogP) is 2.98. The van der Waals surface area contributed by atoms with Crippen LogP contribution >= 0.6 is 0 Å². The van der Waals surface area contributed by atoms with Crippen LogP contribution in [0.25, 0.3) is 11.0 Å². The number of unbranched alkanes of at least 4 members (excludes halogenated alkanes) is 1. The zero-order chi connectivity index (χ0) is 21.4. The molecule has 1 aromatic heterocycles. The molecule has 1 N–H and O–H groups in total. The molecule has 0 unspecified atom stereocenters. The van der Waals surface area contributed by atoms with E-state index in [0.29, 0.717) is 12.2 Å². The van der Waals surface area contributed by atoms with Crippen LogP contribution in [0.15, 0.2) is 29.1 Å². The Morgan fingerprint density at radius 3 is 2.62 bits per heavy atom. The van der Waals surface area contributed by atoms with E-state index >= 15 is 0 Å². The Morgan fingerprint density at radius 1 is 1.21 bits per heavy atom. The van der Waals surface area contributed by atoms with Crippen molar-refractivity contribution >= 4 is 22.9 Å². The lowest BCUT2D eigenvalue weighted by molar-refractivity contribution is -0.149. The first kappa shape index (κ1) is 22.6. The highest BCUT2D eigenvalue weighted by molar-refractivity contribution is 5.81. The molecule has 158 valence electrons. The summed E-state index contributed by atoms with van der Waals surface area (Å²) in [5.74, 6) is -0.861. The van der Waals surface area contributed by atoms with Crippen molar-refractivity contribution in [1.82, 2.24) is 14.9 Å². The van der Waals surface area contributed by atoms with Crippen LogP contribution in [-0.2, 0) is 27.3 Å². The second-order valence-electron chi connectivity index (χ2n) is 7.80. The minimum Gasteiger partial charge on any atom is -0.456 e. The Kier molecular flexibility index (Phi) is 7.93. The van der Waals surface area contributed by atoms with Crippen molar-refractivity contribution in [2.45, 2.75) is 71.9 Å². The van der Waals surface area contributed by atoms with Crippen molar-refractivity contribution in [3.8, 4) is 0 Å². The summed E-state index contributed by atoms with van der Waals surface area (Å²) in [6.45, 7) is 8.14. The third-order valence-electron chi connectivity index (χ3n) is 4.95. The van der Waals surface area contributed by atoms with Gasteiger partial charge < -0.3 is 14.6 Å². The van der Waals surface area contributed by atoms with Crippen molar-refractivity contribution in [2.75, 3.05) is 6.61 Å². The molecule has 7 heteroatoms. The number of aromatic nitrogens is 2. The molecule has 0 bridgehead atoms. The molecule has 0 spiro atoms. The van der Waals surface area contributed by atoms with Gasteiger partial charge in [-0.3, -0.25) is 14.4 Å². The molecule has 0 radical (unpaired) electrons. The summed E-state index contributed by atoms with van der Waals surface area (Å²) in [7, 11) is 0. The molecule has 0 fully saturated rings. The SMILES string of the molecule is CCCCn1c(=O)c(CCC(=O)OCC(=O)NC(C)(C)CC)nc2ccccc21. The Bertz CT molecular complexity index is 918. The van der Waals surface area contributed by atoms with E-state index in [1.807, 2.05) is 45.0 Å². The van der Waals surface area contributed by atoms with Gasteiger partial charge >= 0.3 is 5.97 Å². The maximum Gasteiger partial charge on any atom is 0.306 e. The molecule has 1 heterocycles. The fourth-order valence-electron chi connectivity index (χ4n) is 2.89. The second kappa shape index (κ2) is 10.2. The number of nitrogens with zero attached hydrogens (tertiary/aromatic N) is 2. The summed E-state index contributed by atoms with van der Waals surface area (Å²) in [6.07, 6.45) is 2.81. The van der Waals surface area contributed by atoms with E-state index in [-0.39, 0.29) is 36.5 Å². The molecule has 0 aliphatic carbocycles. The van der Waals surface area contributed by atoms with Gasteiger partial charge in [0.05, 0.1) is 17.5 Å². The summed E-state index contributed by atoms with van der Waals surface area (Å²) in [6, 6.07) is 7.50. The third-order valence-corrected chi connectivity index (χ3v) is 4.95. The van der Waals surface area contributed by atoms with Crippen LogP contribution in [0.1, 0.15) is 59.1 Å². The Balaban J connectivity index is 2.03. The average Bonchev–Trinajstić information content (AvgIpc) is 2.70. The number of carbonyl (C=O) groups excluding carboxylic acids is 2. The first-order valence-corrected chi connectivity index (χ1v) is 10.2. The van der Waals surface area contributed by atoms with E-state index in [1.54, 1.807) is 4.57 Å². The highest BCUT2D eigenvalue weighted by atomic mass is 16.5. The van der Waals surface area contributed by atoms with Crippen LogP contribution in [-0.4, -0.2) is 33.6 Å². The van der Waals surface area contributed by atoms with E-state index in [9.17, 15) is 14.4 Å². The number of nitrogens with one attached hydrogen (secondary N) is 1. The number of carbonyl (C=O) groups is 2. The Hall–Kier alpha value is -2.70. The molecule has 0 saturated carbocycles. The maximum absolute atomic E-state index is 12.8. The second-order valence-corrected chi connectivity index (χ2v) is 7.80. The number of ether oxygens (including phenoxy) is 1. The fraction of sp³-hybridized carbons (Fsp3) is 0.545. The predicted molar refractivity (Wildman–Crippen MR) is 113 cm³/mol. The molecule has 2 rings (SSSR count). The van der Waals surface area contributed by atoms with E-state index < -0.39 is 5.97 Å². The first-order chi connectivity index (χ1) is 13.8. The topological polar surface area (TPSA) is 90.3 Å². The van der Waals surface area contributed by atoms with Crippen molar-refractivity contribution in [3.63, 3.8) is 0 Å². The Labute approximate surface area is 171 Å². The van der Waals surface area contributed by atoms with Gasteiger partial charge in [0.25, 0.3) is 11.5 Å². The zero-order valence-corrected chi connectivity index (χ0v) is 17.8. The lowest BCUT2D eigenvalue weighted by atomic mass is 10.0. The maximum atomic E-state index is 12.8. The largest absolute Gasteiger partial charge is 0.456 e. The van der Waals surface area contributed by atoms with Crippen molar-refractivity contribution in [1.29, 1.82) is 0 Å². The van der Waals surface area contributed by atoms with Crippen LogP contribution < -0.4 is 10.9 Å². The standard InChI is InChI=1S/C22H31N3O4/c1-5-7-14-25-18-11-9-8-10-16(18)23-17(21(25)28)12-13-20(27)29-15-19(26)24-22(3,4)6-2/h8-11H,5-7,12-15H2,1-4H3,(H,24,26). The first-order valence-electron chi connectivity index (χ1n) is 10.2. The third kappa shape index (κ3) is 6.41. The zero-order valence-electron chi connectivity index (χ0n) is 17.8. The van der Waals surface area contributed by atoms with Gasteiger partial charge in [-0.1, -0.05) is 32.4 Å². The smallest absolute Gasteiger partial charge is 0.306 e. The number of rotatable bonds is 10. The van der Waals surface area contributed by atoms with E-state index in [0.717, 1.165) is 30.3 Å². The van der Waals surface area contributed by atoms with E-state index in [1.165, 1.54) is 0 Å². The summed E-state index contributed by atoms with van der Waals surface area (Å²) >= 11 is 0. The van der Waals surface area contributed by atoms with Crippen molar-refractivity contribution < 1.29 is 14.3 Å². The molecule has 0 atom stereocenters. The number of hydrogen-bond donors (Lipinski definition) is 1. The van der Waals surface area contributed by atoms with Crippen LogP contribution in [0.2, 0.25) is 0 Å². The van der Waals surface area contributed by atoms with Crippen LogP contribution in [0.4, 0.5) is 0 Å². The lowest BCUT2D eigenvalue weighted by Gasteiger charge is -2.24. The number of esters is 1. The molecule has 0 aliphatic rings. The van der Waals surface area contributed by atoms with Crippen LogP contribution in [0, 0.1) is 0 Å². The molecule has 0 saturated heterocycles.